The van der Waals surface area contributed by atoms with Crippen LogP contribution in [0.5, 0.6) is 0 Å². The van der Waals surface area contributed by atoms with Crippen molar-refractivity contribution in [1.82, 2.24) is 10.6 Å². The molecule has 0 aliphatic carbocycles. The van der Waals surface area contributed by atoms with E-state index in [9.17, 15) is 4.79 Å². The van der Waals surface area contributed by atoms with E-state index < -0.39 is 0 Å². The van der Waals surface area contributed by atoms with Gasteiger partial charge >= 0.3 is 0 Å². The van der Waals surface area contributed by atoms with E-state index in [0.717, 1.165) is 13.1 Å². The van der Waals surface area contributed by atoms with Crippen LogP contribution in [0.1, 0.15) is 20.8 Å². The predicted molar refractivity (Wildman–Crippen MR) is 55.5 cm³/mol. The molecule has 0 aliphatic heterocycles. The molecule has 3 heteroatoms. The minimum Gasteiger partial charge on any atom is -0.355 e. The fourth-order valence-corrected chi connectivity index (χ4v) is 0.767. The van der Waals surface area contributed by atoms with Crippen LogP contribution in [0.4, 0.5) is 0 Å². The van der Waals surface area contributed by atoms with E-state index in [-0.39, 0.29) is 5.91 Å². The number of hydrogen-bond acceptors (Lipinski definition) is 2. The van der Waals surface area contributed by atoms with Crippen LogP contribution in [0.15, 0.2) is 12.2 Å². The Morgan fingerprint density at radius 2 is 2.15 bits per heavy atom. The lowest BCUT2D eigenvalue weighted by Crippen LogP contribution is -2.35. The van der Waals surface area contributed by atoms with Crippen molar-refractivity contribution in [2.75, 3.05) is 19.6 Å². The van der Waals surface area contributed by atoms with Crippen molar-refractivity contribution in [3.63, 3.8) is 0 Å². The van der Waals surface area contributed by atoms with Crippen molar-refractivity contribution < 1.29 is 4.79 Å². The summed E-state index contributed by atoms with van der Waals surface area (Å²) in [5.41, 5.74) is 0. The molecule has 0 spiro atoms. The topological polar surface area (TPSA) is 41.1 Å². The molecule has 0 saturated carbocycles. The Morgan fingerprint density at radius 1 is 1.46 bits per heavy atom. The third-order valence-corrected chi connectivity index (χ3v) is 1.49. The lowest BCUT2D eigenvalue weighted by Gasteiger charge is -2.07. The van der Waals surface area contributed by atoms with Crippen molar-refractivity contribution in [2.24, 2.45) is 5.92 Å². The van der Waals surface area contributed by atoms with Crippen LogP contribution in [-0.2, 0) is 4.79 Å². The standard InChI is InChI=1S/C10H20N2O/c1-4-5-6-11-8-10(13)12-7-9(2)3/h4-5,9,11H,6-8H2,1-3H3,(H,12,13)/b5-4+. The number of carbonyl (C=O) groups excluding carboxylic acids is 1. The van der Waals surface area contributed by atoms with Crippen LogP contribution in [0, 0.1) is 5.92 Å². The number of nitrogens with one attached hydrogen (secondary N) is 2. The summed E-state index contributed by atoms with van der Waals surface area (Å²) in [5.74, 6) is 0.581. The summed E-state index contributed by atoms with van der Waals surface area (Å²) in [5, 5.41) is 5.84. The van der Waals surface area contributed by atoms with Crippen LogP contribution >= 0.6 is 0 Å². The lowest BCUT2D eigenvalue weighted by molar-refractivity contribution is -0.120. The molecule has 13 heavy (non-hydrogen) atoms. The molecule has 0 unspecified atom stereocenters. The highest BCUT2D eigenvalue weighted by Crippen LogP contribution is 1.85. The predicted octanol–water partition coefficient (Wildman–Crippen LogP) is 0.924. The second-order valence-electron chi connectivity index (χ2n) is 3.40. The van der Waals surface area contributed by atoms with E-state index in [0.29, 0.717) is 12.5 Å². The Labute approximate surface area is 80.6 Å². The Kier molecular flexibility index (Phi) is 7.30. The Morgan fingerprint density at radius 3 is 2.69 bits per heavy atom. The normalized spacial score (nSPS) is 11.1. The van der Waals surface area contributed by atoms with Crippen molar-refractivity contribution in [3.8, 4) is 0 Å². The fraction of sp³-hybridized carbons (Fsp3) is 0.700. The minimum absolute atomic E-state index is 0.0678. The lowest BCUT2D eigenvalue weighted by atomic mass is 10.2. The third kappa shape index (κ3) is 9.08. The average molecular weight is 184 g/mol. The van der Waals surface area contributed by atoms with Gasteiger partial charge in [-0.3, -0.25) is 4.79 Å². The molecule has 2 N–H and O–H groups in total. The third-order valence-electron chi connectivity index (χ3n) is 1.49. The van der Waals surface area contributed by atoms with Crippen LogP contribution in [0.3, 0.4) is 0 Å². The van der Waals surface area contributed by atoms with E-state index in [1.165, 1.54) is 0 Å². The van der Waals surface area contributed by atoms with E-state index in [1.54, 1.807) is 0 Å². The molecular formula is C10H20N2O. The number of carbonyl (C=O) groups is 1. The molecule has 0 aromatic rings. The molecule has 1 amide bonds. The van der Waals surface area contributed by atoms with Gasteiger partial charge in [0, 0.05) is 13.1 Å². The van der Waals surface area contributed by atoms with Crippen molar-refractivity contribution >= 4 is 5.91 Å². The van der Waals surface area contributed by atoms with Gasteiger partial charge in [0.05, 0.1) is 6.54 Å². The highest BCUT2D eigenvalue weighted by atomic mass is 16.1. The summed E-state index contributed by atoms with van der Waals surface area (Å²) in [7, 11) is 0. The zero-order valence-corrected chi connectivity index (χ0v) is 8.76. The van der Waals surface area contributed by atoms with Crippen molar-refractivity contribution in [1.29, 1.82) is 0 Å². The molecule has 0 saturated heterocycles. The van der Waals surface area contributed by atoms with Crippen molar-refractivity contribution in [2.45, 2.75) is 20.8 Å². The first-order valence-corrected chi connectivity index (χ1v) is 4.75. The number of allylic oxidation sites excluding steroid dienone is 1. The first-order valence-electron chi connectivity index (χ1n) is 4.75. The van der Waals surface area contributed by atoms with Gasteiger partial charge in [0.15, 0.2) is 0 Å². The van der Waals surface area contributed by atoms with Gasteiger partial charge in [-0.25, -0.2) is 0 Å². The molecule has 76 valence electrons. The highest BCUT2D eigenvalue weighted by Gasteiger charge is 1.99. The van der Waals surface area contributed by atoms with Gasteiger partial charge in [-0.15, -0.1) is 0 Å². The van der Waals surface area contributed by atoms with Gasteiger partial charge in [-0.2, -0.15) is 0 Å². The summed E-state index contributed by atoms with van der Waals surface area (Å²) < 4.78 is 0. The average Bonchev–Trinajstić information content (AvgIpc) is 2.09. The minimum atomic E-state index is 0.0678. The van der Waals surface area contributed by atoms with Gasteiger partial charge in [-0.1, -0.05) is 26.0 Å². The summed E-state index contributed by atoms with van der Waals surface area (Å²) >= 11 is 0. The van der Waals surface area contributed by atoms with E-state index >= 15 is 0 Å². The number of hydrogen-bond donors (Lipinski definition) is 2. The van der Waals surface area contributed by atoms with Crippen LogP contribution < -0.4 is 10.6 Å². The van der Waals surface area contributed by atoms with Crippen molar-refractivity contribution in [3.05, 3.63) is 12.2 Å². The quantitative estimate of drug-likeness (QED) is 0.476. The Hall–Kier alpha value is -0.830. The number of amides is 1. The second kappa shape index (κ2) is 7.80. The fourth-order valence-electron chi connectivity index (χ4n) is 0.767. The monoisotopic (exact) mass is 184 g/mol. The van der Waals surface area contributed by atoms with Crippen LogP contribution in [0.2, 0.25) is 0 Å². The van der Waals surface area contributed by atoms with Gasteiger partial charge in [0.2, 0.25) is 5.91 Å². The summed E-state index contributed by atoms with van der Waals surface area (Å²) in [6.07, 6.45) is 3.94. The van der Waals surface area contributed by atoms with Gasteiger partial charge < -0.3 is 10.6 Å². The molecule has 0 fully saturated rings. The van der Waals surface area contributed by atoms with Gasteiger partial charge in [0.25, 0.3) is 0 Å². The van der Waals surface area contributed by atoms with Gasteiger partial charge in [-0.05, 0) is 12.8 Å². The molecule has 3 nitrogen and oxygen atoms in total. The summed E-state index contributed by atoms with van der Waals surface area (Å²) in [6, 6.07) is 0. The molecule has 0 bridgehead atoms. The summed E-state index contributed by atoms with van der Waals surface area (Å²) in [6.45, 7) is 8.02. The van der Waals surface area contributed by atoms with E-state index in [1.807, 2.05) is 19.1 Å². The smallest absolute Gasteiger partial charge is 0.233 e. The molecule has 0 aromatic carbocycles. The maximum atomic E-state index is 11.1. The molecule has 0 rings (SSSR count). The maximum absolute atomic E-state index is 11.1. The Bertz CT molecular complexity index is 164. The largest absolute Gasteiger partial charge is 0.355 e. The molecule has 0 heterocycles. The van der Waals surface area contributed by atoms with E-state index in [4.69, 9.17) is 0 Å². The molecule has 0 aromatic heterocycles. The van der Waals surface area contributed by atoms with Crippen LogP contribution in [-0.4, -0.2) is 25.5 Å². The zero-order valence-electron chi connectivity index (χ0n) is 8.76. The first-order chi connectivity index (χ1) is 6.16. The molecular weight excluding hydrogens is 164 g/mol. The highest BCUT2D eigenvalue weighted by molar-refractivity contribution is 5.77. The van der Waals surface area contributed by atoms with E-state index in [2.05, 4.69) is 24.5 Å². The van der Waals surface area contributed by atoms with Gasteiger partial charge in [0.1, 0.15) is 0 Å². The molecule has 0 radical (unpaired) electrons. The molecule has 0 atom stereocenters. The maximum Gasteiger partial charge on any atom is 0.233 e. The SMILES string of the molecule is C/C=C/CNCC(=O)NCC(C)C. The van der Waals surface area contributed by atoms with Crippen LogP contribution in [0.25, 0.3) is 0 Å². The first kappa shape index (κ1) is 12.2. The second-order valence-corrected chi connectivity index (χ2v) is 3.40. The molecule has 0 aliphatic rings. The Balaban J connectivity index is 3.30. The summed E-state index contributed by atoms with van der Waals surface area (Å²) in [4.78, 5) is 11.1. The number of rotatable bonds is 6. The zero-order chi connectivity index (χ0) is 10.1.